The van der Waals surface area contributed by atoms with Crippen molar-refractivity contribution in [2.45, 2.75) is 39.3 Å². The van der Waals surface area contributed by atoms with E-state index in [-0.39, 0.29) is 11.6 Å². The van der Waals surface area contributed by atoms with Gasteiger partial charge in [-0.05, 0) is 40.8 Å². The average Bonchev–Trinajstić information content (AvgIpc) is 2.17. The van der Waals surface area contributed by atoms with E-state index in [4.69, 9.17) is 4.74 Å². The Morgan fingerprint density at radius 3 is 2.53 bits per heavy atom. The number of aromatic nitrogens is 1. The average molecular weight is 208 g/mol. The van der Waals surface area contributed by atoms with Gasteiger partial charge in [-0.25, -0.2) is 4.98 Å². The second-order valence-corrected chi connectivity index (χ2v) is 4.40. The molecule has 1 heterocycles. The SMILES string of the molecule is CNC(C)(C)c1cccc(OC(C)C)n1. The van der Waals surface area contributed by atoms with Gasteiger partial charge in [0, 0.05) is 6.07 Å². The quantitative estimate of drug-likeness (QED) is 0.824. The molecule has 0 saturated heterocycles. The summed E-state index contributed by atoms with van der Waals surface area (Å²) in [4.78, 5) is 4.47. The molecule has 0 fully saturated rings. The topological polar surface area (TPSA) is 34.1 Å². The summed E-state index contributed by atoms with van der Waals surface area (Å²) in [5.41, 5.74) is 0.860. The minimum atomic E-state index is -0.129. The minimum absolute atomic E-state index is 0.129. The van der Waals surface area contributed by atoms with E-state index in [2.05, 4.69) is 24.1 Å². The second-order valence-electron chi connectivity index (χ2n) is 4.40. The maximum absolute atomic E-state index is 5.56. The molecular formula is C12H20N2O. The summed E-state index contributed by atoms with van der Waals surface area (Å²) in [6.07, 6.45) is 0.158. The summed E-state index contributed by atoms with van der Waals surface area (Å²) in [5, 5.41) is 3.22. The molecule has 1 rings (SSSR count). The van der Waals surface area contributed by atoms with Crippen molar-refractivity contribution in [2.24, 2.45) is 0 Å². The fraction of sp³-hybridized carbons (Fsp3) is 0.583. The summed E-state index contributed by atoms with van der Waals surface area (Å²) < 4.78 is 5.56. The summed E-state index contributed by atoms with van der Waals surface area (Å²) >= 11 is 0. The second kappa shape index (κ2) is 4.62. The van der Waals surface area contributed by atoms with Gasteiger partial charge in [-0.3, -0.25) is 0 Å². The predicted octanol–water partition coefficient (Wildman–Crippen LogP) is 2.32. The Bertz CT molecular complexity index is 321. The lowest BCUT2D eigenvalue weighted by Gasteiger charge is -2.23. The highest BCUT2D eigenvalue weighted by atomic mass is 16.5. The normalized spacial score (nSPS) is 11.9. The smallest absolute Gasteiger partial charge is 0.213 e. The lowest BCUT2D eigenvalue weighted by molar-refractivity contribution is 0.230. The summed E-state index contributed by atoms with van der Waals surface area (Å²) in [6, 6.07) is 5.86. The van der Waals surface area contributed by atoms with Crippen LogP contribution in [0.25, 0.3) is 0 Å². The largest absolute Gasteiger partial charge is 0.475 e. The van der Waals surface area contributed by atoms with Crippen LogP contribution in [0.5, 0.6) is 5.88 Å². The molecule has 1 aromatic heterocycles. The third-order valence-corrected chi connectivity index (χ3v) is 2.35. The molecule has 0 amide bonds. The Balaban J connectivity index is 2.92. The Morgan fingerprint density at radius 1 is 1.33 bits per heavy atom. The third kappa shape index (κ3) is 3.20. The highest BCUT2D eigenvalue weighted by Crippen LogP contribution is 2.20. The lowest BCUT2D eigenvalue weighted by atomic mass is 10.0. The van der Waals surface area contributed by atoms with Crippen LogP contribution in [0, 0.1) is 0 Å². The molecule has 84 valence electrons. The van der Waals surface area contributed by atoms with Crippen LogP contribution in [-0.2, 0) is 5.54 Å². The van der Waals surface area contributed by atoms with Crippen LogP contribution in [0.3, 0.4) is 0 Å². The monoisotopic (exact) mass is 208 g/mol. The fourth-order valence-electron chi connectivity index (χ4n) is 1.20. The summed E-state index contributed by atoms with van der Waals surface area (Å²) in [5.74, 6) is 0.686. The fourth-order valence-corrected chi connectivity index (χ4v) is 1.20. The standard InChI is InChI=1S/C12H20N2O/c1-9(2)15-11-8-6-7-10(14-11)12(3,4)13-5/h6-9,13H,1-5H3. The van der Waals surface area contributed by atoms with Crippen molar-refractivity contribution < 1.29 is 4.74 Å². The van der Waals surface area contributed by atoms with E-state index in [1.165, 1.54) is 0 Å². The third-order valence-electron chi connectivity index (χ3n) is 2.35. The van der Waals surface area contributed by atoms with Gasteiger partial charge < -0.3 is 10.1 Å². The molecule has 1 aromatic rings. The Morgan fingerprint density at radius 2 is 2.00 bits per heavy atom. The van der Waals surface area contributed by atoms with Crippen LogP contribution in [0.1, 0.15) is 33.4 Å². The molecular weight excluding hydrogens is 188 g/mol. The number of ether oxygens (including phenoxy) is 1. The molecule has 0 spiro atoms. The van der Waals surface area contributed by atoms with Gasteiger partial charge in [0.25, 0.3) is 0 Å². The molecule has 1 N–H and O–H groups in total. The zero-order chi connectivity index (χ0) is 11.5. The van der Waals surface area contributed by atoms with E-state index in [9.17, 15) is 0 Å². The van der Waals surface area contributed by atoms with Gasteiger partial charge in [-0.2, -0.15) is 0 Å². The van der Waals surface area contributed by atoms with Crippen molar-refractivity contribution in [3.8, 4) is 5.88 Å². The molecule has 0 bridgehead atoms. The predicted molar refractivity (Wildman–Crippen MR) is 62.1 cm³/mol. The maximum atomic E-state index is 5.56. The van der Waals surface area contributed by atoms with Crippen molar-refractivity contribution in [3.63, 3.8) is 0 Å². The molecule has 3 heteroatoms. The molecule has 0 atom stereocenters. The number of hydrogen-bond donors (Lipinski definition) is 1. The maximum Gasteiger partial charge on any atom is 0.213 e. The Labute approximate surface area is 91.9 Å². The number of rotatable bonds is 4. The van der Waals surface area contributed by atoms with Gasteiger partial charge in [-0.1, -0.05) is 6.07 Å². The van der Waals surface area contributed by atoms with Gasteiger partial charge in [0.15, 0.2) is 0 Å². The molecule has 0 aromatic carbocycles. The van der Waals surface area contributed by atoms with E-state index in [1.54, 1.807) is 0 Å². The van der Waals surface area contributed by atoms with Crippen LogP contribution in [0.15, 0.2) is 18.2 Å². The van der Waals surface area contributed by atoms with Gasteiger partial charge in [0.2, 0.25) is 5.88 Å². The number of hydrogen-bond acceptors (Lipinski definition) is 3. The Kier molecular flexibility index (Phi) is 3.69. The van der Waals surface area contributed by atoms with E-state index < -0.39 is 0 Å². The van der Waals surface area contributed by atoms with Crippen molar-refractivity contribution in [2.75, 3.05) is 7.05 Å². The molecule has 0 radical (unpaired) electrons. The van der Waals surface area contributed by atoms with E-state index >= 15 is 0 Å². The molecule has 15 heavy (non-hydrogen) atoms. The van der Waals surface area contributed by atoms with Crippen LogP contribution >= 0.6 is 0 Å². The molecule has 0 aliphatic rings. The number of nitrogens with one attached hydrogen (secondary N) is 1. The molecule has 0 aliphatic heterocycles. The van der Waals surface area contributed by atoms with Gasteiger partial charge in [0.1, 0.15) is 0 Å². The summed E-state index contributed by atoms with van der Waals surface area (Å²) in [6.45, 7) is 8.18. The highest BCUT2D eigenvalue weighted by molar-refractivity contribution is 5.20. The van der Waals surface area contributed by atoms with Gasteiger partial charge in [0.05, 0.1) is 17.3 Å². The summed E-state index contributed by atoms with van der Waals surface area (Å²) in [7, 11) is 1.93. The molecule has 3 nitrogen and oxygen atoms in total. The van der Waals surface area contributed by atoms with Crippen molar-refractivity contribution in [3.05, 3.63) is 23.9 Å². The molecule has 0 saturated carbocycles. The van der Waals surface area contributed by atoms with E-state index in [0.29, 0.717) is 5.88 Å². The number of nitrogens with zero attached hydrogens (tertiary/aromatic N) is 1. The van der Waals surface area contributed by atoms with E-state index in [1.807, 2.05) is 39.1 Å². The van der Waals surface area contributed by atoms with Crippen molar-refractivity contribution in [1.82, 2.24) is 10.3 Å². The molecule has 0 unspecified atom stereocenters. The van der Waals surface area contributed by atoms with Gasteiger partial charge in [-0.15, -0.1) is 0 Å². The van der Waals surface area contributed by atoms with E-state index in [0.717, 1.165) is 5.69 Å². The first-order valence-corrected chi connectivity index (χ1v) is 5.29. The first kappa shape index (κ1) is 12.0. The van der Waals surface area contributed by atoms with Crippen molar-refractivity contribution in [1.29, 1.82) is 0 Å². The first-order valence-electron chi connectivity index (χ1n) is 5.29. The zero-order valence-corrected chi connectivity index (χ0v) is 10.2. The van der Waals surface area contributed by atoms with Gasteiger partial charge >= 0.3 is 0 Å². The van der Waals surface area contributed by atoms with Crippen LogP contribution in [0.4, 0.5) is 0 Å². The highest BCUT2D eigenvalue weighted by Gasteiger charge is 2.19. The zero-order valence-electron chi connectivity index (χ0n) is 10.2. The lowest BCUT2D eigenvalue weighted by Crippen LogP contribution is -2.34. The first-order chi connectivity index (χ1) is 6.95. The van der Waals surface area contributed by atoms with Crippen LogP contribution in [0.2, 0.25) is 0 Å². The van der Waals surface area contributed by atoms with Crippen molar-refractivity contribution >= 4 is 0 Å². The minimum Gasteiger partial charge on any atom is -0.475 e. The van der Waals surface area contributed by atoms with Crippen LogP contribution < -0.4 is 10.1 Å². The Hall–Kier alpha value is -1.09. The number of pyridine rings is 1. The molecule has 0 aliphatic carbocycles. The van der Waals surface area contributed by atoms with Crippen LogP contribution in [-0.4, -0.2) is 18.1 Å².